The number of ether oxygens (including phenoxy) is 3. The van der Waals surface area contributed by atoms with Crippen LogP contribution in [0.15, 0.2) is 18.2 Å². The van der Waals surface area contributed by atoms with Gasteiger partial charge in [-0.2, -0.15) is 0 Å². The first-order valence-corrected chi connectivity index (χ1v) is 5.79. The number of nitrogens with two attached hydrogens (primary N) is 1. The normalized spacial score (nSPS) is 12.4. The fourth-order valence-corrected chi connectivity index (χ4v) is 1.52. The number of hydrogen-bond acceptors (Lipinski definition) is 4. The summed E-state index contributed by atoms with van der Waals surface area (Å²) >= 11 is 0. The van der Waals surface area contributed by atoms with E-state index in [0.717, 1.165) is 11.3 Å². The number of rotatable bonds is 7. The Morgan fingerprint density at radius 2 is 2.12 bits per heavy atom. The van der Waals surface area contributed by atoms with E-state index in [0.29, 0.717) is 25.5 Å². The van der Waals surface area contributed by atoms with Crippen LogP contribution in [0.5, 0.6) is 5.75 Å². The quantitative estimate of drug-likeness (QED) is 0.741. The van der Waals surface area contributed by atoms with Crippen molar-refractivity contribution in [2.45, 2.75) is 26.6 Å². The molecule has 96 valence electrons. The second-order valence-corrected chi connectivity index (χ2v) is 3.88. The minimum absolute atomic E-state index is 0.0518. The molecule has 1 unspecified atom stereocenters. The van der Waals surface area contributed by atoms with Gasteiger partial charge < -0.3 is 19.9 Å². The lowest BCUT2D eigenvalue weighted by molar-refractivity contribution is -0.000831. The molecule has 0 aromatic heterocycles. The first kappa shape index (κ1) is 13.8. The van der Waals surface area contributed by atoms with Crippen molar-refractivity contribution in [2.24, 2.45) is 0 Å². The summed E-state index contributed by atoms with van der Waals surface area (Å²) in [6, 6.07) is 5.58. The molecular formula is C13H21NO3. The van der Waals surface area contributed by atoms with Crippen LogP contribution in [0.1, 0.15) is 19.4 Å². The van der Waals surface area contributed by atoms with Crippen LogP contribution in [-0.4, -0.2) is 26.4 Å². The Kier molecular flexibility index (Phi) is 5.80. The van der Waals surface area contributed by atoms with Gasteiger partial charge in [-0.3, -0.25) is 0 Å². The smallest absolute Gasteiger partial charge is 0.124 e. The summed E-state index contributed by atoms with van der Waals surface area (Å²) in [6.07, 6.45) is 0.0518. The molecular weight excluding hydrogens is 218 g/mol. The predicted octanol–water partition coefficient (Wildman–Crippen LogP) is 2.22. The molecule has 2 N–H and O–H groups in total. The van der Waals surface area contributed by atoms with E-state index in [1.54, 1.807) is 7.11 Å². The third kappa shape index (κ3) is 4.63. The molecule has 0 spiro atoms. The van der Waals surface area contributed by atoms with Crippen LogP contribution in [0.3, 0.4) is 0 Å². The summed E-state index contributed by atoms with van der Waals surface area (Å²) < 4.78 is 16.2. The Morgan fingerprint density at radius 1 is 1.35 bits per heavy atom. The van der Waals surface area contributed by atoms with Crippen molar-refractivity contribution in [3.8, 4) is 5.75 Å². The zero-order valence-electron chi connectivity index (χ0n) is 10.7. The number of benzene rings is 1. The van der Waals surface area contributed by atoms with Crippen LogP contribution in [0.4, 0.5) is 5.69 Å². The van der Waals surface area contributed by atoms with Crippen molar-refractivity contribution in [1.82, 2.24) is 0 Å². The number of methoxy groups -OCH3 is 1. The number of anilines is 1. The van der Waals surface area contributed by atoms with E-state index in [4.69, 9.17) is 19.9 Å². The standard InChI is InChI=1S/C13H21NO3/c1-4-16-13-6-5-12(14)7-11(13)9-17-10(2)8-15-3/h5-7,10H,4,8-9,14H2,1-3H3. The maximum Gasteiger partial charge on any atom is 0.124 e. The van der Waals surface area contributed by atoms with Gasteiger partial charge in [0.25, 0.3) is 0 Å². The lowest BCUT2D eigenvalue weighted by atomic mass is 10.2. The molecule has 0 radical (unpaired) electrons. The Balaban J connectivity index is 2.64. The van der Waals surface area contributed by atoms with E-state index in [9.17, 15) is 0 Å². The van der Waals surface area contributed by atoms with Gasteiger partial charge in [0.2, 0.25) is 0 Å². The highest BCUT2D eigenvalue weighted by Crippen LogP contribution is 2.22. The van der Waals surface area contributed by atoms with Crippen molar-refractivity contribution in [3.05, 3.63) is 23.8 Å². The SMILES string of the molecule is CCOc1ccc(N)cc1COC(C)COC. The molecule has 1 atom stereocenters. The molecule has 0 heterocycles. The van der Waals surface area contributed by atoms with Gasteiger partial charge in [0.1, 0.15) is 5.75 Å². The topological polar surface area (TPSA) is 53.7 Å². The zero-order chi connectivity index (χ0) is 12.7. The van der Waals surface area contributed by atoms with Crippen LogP contribution in [0.2, 0.25) is 0 Å². The average molecular weight is 239 g/mol. The molecule has 0 saturated carbocycles. The van der Waals surface area contributed by atoms with E-state index >= 15 is 0 Å². The summed E-state index contributed by atoms with van der Waals surface area (Å²) in [5.74, 6) is 0.825. The first-order valence-electron chi connectivity index (χ1n) is 5.79. The maximum atomic E-state index is 5.75. The Bertz CT molecular complexity index is 341. The Hall–Kier alpha value is -1.26. The van der Waals surface area contributed by atoms with Gasteiger partial charge in [-0.15, -0.1) is 0 Å². The molecule has 0 aliphatic carbocycles. The second-order valence-electron chi connectivity index (χ2n) is 3.88. The molecule has 4 heteroatoms. The number of nitrogen functional groups attached to an aromatic ring is 1. The summed E-state index contributed by atoms with van der Waals surface area (Å²) in [5, 5.41) is 0. The van der Waals surface area contributed by atoms with Gasteiger partial charge in [0.15, 0.2) is 0 Å². The van der Waals surface area contributed by atoms with Gasteiger partial charge >= 0.3 is 0 Å². The molecule has 17 heavy (non-hydrogen) atoms. The molecule has 0 saturated heterocycles. The van der Waals surface area contributed by atoms with Crippen LogP contribution in [0, 0.1) is 0 Å². The summed E-state index contributed by atoms with van der Waals surface area (Å²) in [6.45, 7) is 5.60. The van der Waals surface area contributed by atoms with E-state index in [1.165, 1.54) is 0 Å². The minimum atomic E-state index is 0.0518. The lowest BCUT2D eigenvalue weighted by Gasteiger charge is -2.15. The van der Waals surface area contributed by atoms with E-state index in [2.05, 4.69) is 0 Å². The third-order valence-corrected chi connectivity index (χ3v) is 2.31. The molecule has 1 aromatic rings. The third-order valence-electron chi connectivity index (χ3n) is 2.31. The highest BCUT2D eigenvalue weighted by Gasteiger charge is 2.07. The molecule has 1 rings (SSSR count). The van der Waals surface area contributed by atoms with Crippen LogP contribution >= 0.6 is 0 Å². The minimum Gasteiger partial charge on any atom is -0.494 e. The van der Waals surface area contributed by atoms with Gasteiger partial charge in [-0.1, -0.05) is 0 Å². The molecule has 0 fully saturated rings. The van der Waals surface area contributed by atoms with Crippen molar-refractivity contribution in [2.75, 3.05) is 26.1 Å². The van der Waals surface area contributed by atoms with E-state index < -0.39 is 0 Å². The Morgan fingerprint density at radius 3 is 2.76 bits per heavy atom. The van der Waals surface area contributed by atoms with Gasteiger partial charge in [-0.25, -0.2) is 0 Å². The van der Waals surface area contributed by atoms with Crippen molar-refractivity contribution < 1.29 is 14.2 Å². The lowest BCUT2D eigenvalue weighted by Crippen LogP contribution is -2.15. The fourth-order valence-electron chi connectivity index (χ4n) is 1.52. The van der Waals surface area contributed by atoms with Crippen molar-refractivity contribution in [1.29, 1.82) is 0 Å². The first-order chi connectivity index (χ1) is 8.17. The van der Waals surface area contributed by atoms with Crippen LogP contribution in [-0.2, 0) is 16.1 Å². The van der Waals surface area contributed by atoms with Gasteiger partial charge in [0.05, 0.1) is 25.9 Å². The molecule has 0 aliphatic rings. The predicted molar refractivity (Wildman–Crippen MR) is 68.2 cm³/mol. The molecule has 4 nitrogen and oxygen atoms in total. The molecule has 0 aliphatic heterocycles. The van der Waals surface area contributed by atoms with E-state index in [1.807, 2.05) is 32.0 Å². The summed E-state index contributed by atoms with van der Waals surface area (Å²) in [5.41, 5.74) is 7.43. The average Bonchev–Trinajstić information content (AvgIpc) is 2.30. The highest BCUT2D eigenvalue weighted by molar-refractivity contribution is 5.47. The zero-order valence-corrected chi connectivity index (χ0v) is 10.7. The van der Waals surface area contributed by atoms with Crippen LogP contribution in [0.25, 0.3) is 0 Å². The van der Waals surface area contributed by atoms with Gasteiger partial charge in [0, 0.05) is 18.4 Å². The monoisotopic (exact) mass is 239 g/mol. The Labute approximate surface area is 103 Å². The number of hydrogen-bond donors (Lipinski definition) is 1. The fraction of sp³-hybridized carbons (Fsp3) is 0.538. The highest BCUT2D eigenvalue weighted by atomic mass is 16.5. The molecule has 0 amide bonds. The van der Waals surface area contributed by atoms with Gasteiger partial charge in [-0.05, 0) is 32.0 Å². The van der Waals surface area contributed by atoms with Crippen molar-refractivity contribution in [3.63, 3.8) is 0 Å². The van der Waals surface area contributed by atoms with Crippen molar-refractivity contribution >= 4 is 5.69 Å². The summed E-state index contributed by atoms with van der Waals surface area (Å²) in [7, 11) is 1.66. The largest absolute Gasteiger partial charge is 0.494 e. The maximum absolute atomic E-state index is 5.75. The molecule has 0 bridgehead atoms. The molecule has 1 aromatic carbocycles. The summed E-state index contributed by atoms with van der Waals surface area (Å²) in [4.78, 5) is 0. The van der Waals surface area contributed by atoms with E-state index in [-0.39, 0.29) is 6.10 Å². The van der Waals surface area contributed by atoms with Crippen LogP contribution < -0.4 is 10.5 Å². The second kappa shape index (κ2) is 7.14.